The van der Waals surface area contributed by atoms with E-state index in [1.807, 2.05) is 0 Å². The van der Waals surface area contributed by atoms with Crippen molar-refractivity contribution in [3.05, 3.63) is 0 Å². The normalized spacial score (nSPS) is 13.6. The van der Waals surface area contributed by atoms with Gasteiger partial charge in [0.1, 0.15) is 0 Å². The number of rotatable bonds is 2. The zero-order valence-electron chi connectivity index (χ0n) is 4.60. The van der Waals surface area contributed by atoms with Gasteiger partial charge in [0.15, 0.2) is 0 Å². The van der Waals surface area contributed by atoms with Crippen molar-refractivity contribution in [1.29, 1.82) is 0 Å². The Morgan fingerprint density at radius 2 is 2.00 bits per heavy atom. The first-order chi connectivity index (χ1) is 3.95. The molecule has 0 aliphatic heterocycles. The van der Waals surface area contributed by atoms with Crippen LogP contribution in [0.1, 0.15) is 0 Å². The van der Waals surface area contributed by atoms with Crippen molar-refractivity contribution < 1.29 is 22.3 Å². The van der Waals surface area contributed by atoms with Gasteiger partial charge >= 0.3 is 14.2 Å². The highest BCUT2D eigenvalue weighted by atomic mass is 31.1. The van der Waals surface area contributed by atoms with Gasteiger partial charge in [-0.1, -0.05) is 0 Å². The first-order valence-corrected chi connectivity index (χ1v) is 3.37. The molecule has 1 unspecified atom stereocenters. The van der Waals surface area contributed by atoms with E-state index in [1.54, 1.807) is 0 Å². The van der Waals surface area contributed by atoms with Crippen molar-refractivity contribution in [3.63, 3.8) is 0 Å². The highest BCUT2D eigenvalue weighted by Crippen LogP contribution is 2.30. The topological polar surface area (TPSA) is 26.3 Å². The molecule has 1 atom stereocenters. The minimum absolute atomic E-state index is 0.977. The Bertz CT molecular complexity index is 110. The summed E-state index contributed by atoms with van der Waals surface area (Å²) in [6, 6.07) is 0. The minimum Gasteiger partial charge on any atom is -0.166 e. The fourth-order valence-electron chi connectivity index (χ4n) is 0.211. The van der Waals surface area contributed by atoms with Crippen molar-refractivity contribution in [2.24, 2.45) is 0 Å². The van der Waals surface area contributed by atoms with Gasteiger partial charge in [0, 0.05) is 0 Å². The highest BCUT2D eigenvalue weighted by Gasteiger charge is 2.39. The predicted octanol–water partition coefficient (Wildman–Crippen LogP) is 1.94. The van der Waals surface area contributed by atoms with Crippen molar-refractivity contribution in [1.82, 2.24) is 0 Å². The smallest absolute Gasteiger partial charge is 0.166 e. The van der Waals surface area contributed by atoms with Crippen LogP contribution in [0.4, 0.5) is 13.2 Å². The van der Waals surface area contributed by atoms with Crippen LogP contribution in [0.25, 0.3) is 0 Å². The van der Waals surface area contributed by atoms with Crippen LogP contribution in [0.15, 0.2) is 0 Å². The summed E-state index contributed by atoms with van der Waals surface area (Å²) in [4.78, 5) is 0. The molecule has 0 rings (SSSR count). The van der Waals surface area contributed by atoms with Gasteiger partial charge in [-0.3, -0.25) is 0 Å². The summed E-state index contributed by atoms with van der Waals surface area (Å²) in [5, 5.41) is 0. The molecule has 0 aromatic heterocycles. The summed E-state index contributed by atoms with van der Waals surface area (Å²) < 4.78 is 47.6. The SMILES string of the molecule is CO[P+](=O)CC(F)(F)F. The highest BCUT2D eigenvalue weighted by molar-refractivity contribution is 7.39. The number of hydrogen-bond acceptors (Lipinski definition) is 2. The van der Waals surface area contributed by atoms with E-state index in [2.05, 4.69) is 4.52 Å². The van der Waals surface area contributed by atoms with Crippen LogP contribution in [0, 0.1) is 0 Å². The average Bonchev–Trinajstić information content (AvgIpc) is 1.62. The Morgan fingerprint density at radius 3 is 2.11 bits per heavy atom. The van der Waals surface area contributed by atoms with Crippen LogP contribution in [0.3, 0.4) is 0 Å². The molecule has 0 aliphatic rings. The van der Waals surface area contributed by atoms with Crippen LogP contribution < -0.4 is 0 Å². The van der Waals surface area contributed by atoms with Crippen molar-refractivity contribution in [2.45, 2.75) is 6.18 Å². The lowest BCUT2D eigenvalue weighted by molar-refractivity contribution is -0.107. The summed E-state index contributed by atoms with van der Waals surface area (Å²) in [7, 11) is -1.56. The van der Waals surface area contributed by atoms with E-state index in [0.717, 1.165) is 7.11 Å². The first-order valence-electron chi connectivity index (χ1n) is 2.01. The molecule has 2 nitrogen and oxygen atoms in total. The van der Waals surface area contributed by atoms with Crippen LogP contribution in [-0.2, 0) is 9.09 Å². The molecule has 0 amide bonds. The molecule has 0 radical (unpaired) electrons. The predicted molar refractivity (Wildman–Crippen MR) is 25.5 cm³/mol. The van der Waals surface area contributed by atoms with Gasteiger partial charge in [-0.15, -0.1) is 4.52 Å². The Hall–Kier alpha value is -0.150. The maximum absolute atomic E-state index is 11.2. The zero-order chi connectivity index (χ0) is 7.49. The maximum Gasteiger partial charge on any atom is 0.517 e. The molecule has 0 aromatic rings. The lowest BCUT2D eigenvalue weighted by Gasteiger charge is -1.93. The molecule has 0 fully saturated rings. The molecule has 6 heteroatoms. The monoisotopic (exact) mass is 161 g/mol. The summed E-state index contributed by atoms with van der Waals surface area (Å²) in [5.74, 6) is 0. The molecule has 0 saturated heterocycles. The molecule has 9 heavy (non-hydrogen) atoms. The third-order valence-corrected chi connectivity index (χ3v) is 1.54. The zero-order valence-corrected chi connectivity index (χ0v) is 5.50. The van der Waals surface area contributed by atoms with Crippen molar-refractivity contribution in [2.75, 3.05) is 13.3 Å². The number of hydrogen-bond donors (Lipinski definition) is 0. The van der Waals surface area contributed by atoms with Gasteiger partial charge in [0.05, 0.1) is 7.11 Å². The van der Waals surface area contributed by atoms with Gasteiger partial charge in [0.25, 0.3) is 6.16 Å². The molecule has 54 valence electrons. The standard InChI is InChI=1S/C3H5F3O2P/c1-8-9(7)2-3(4,5)6/h2H2,1H3/q+1. The number of alkyl halides is 3. The lowest BCUT2D eigenvalue weighted by atomic mass is 10.8. The van der Waals surface area contributed by atoms with E-state index in [9.17, 15) is 17.7 Å². The second-order valence-electron chi connectivity index (χ2n) is 1.29. The van der Waals surface area contributed by atoms with E-state index in [4.69, 9.17) is 0 Å². The average molecular weight is 161 g/mol. The van der Waals surface area contributed by atoms with Crippen LogP contribution in [-0.4, -0.2) is 19.4 Å². The molecule has 0 aromatic carbocycles. The fraction of sp³-hybridized carbons (Fsp3) is 1.00. The van der Waals surface area contributed by atoms with Gasteiger partial charge in [-0.05, 0) is 4.57 Å². The molecular formula is C3H5F3O2P+. The van der Waals surface area contributed by atoms with Gasteiger partial charge in [0.2, 0.25) is 0 Å². The molecular weight excluding hydrogens is 156 g/mol. The lowest BCUT2D eigenvalue weighted by Crippen LogP contribution is -2.10. The van der Waals surface area contributed by atoms with Gasteiger partial charge < -0.3 is 0 Å². The Labute approximate surface area is 50.9 Å². The summed E-state index contributed by atoms with van der Waals surface area (Å²) >= 11 is 0. The van der Waals surface area contributed by atoms with Crippen molar-refractivity contribution >= 4 is 8.03 Å². The fourth-order valence-corrected chi connectivity index (χ4v) is 0.633. The Morgan fingerprint density at radius 1 is 1.56 bits per heavy atom. The van der Waals surface area contributed by atoms with Crippen LogP contribution >= 0.6 is 8.03 Å². The largest absolute Gasteiger partial charge is 0.517 e. The maximum atomic E-state index is 11.2. The quantitative estimate of drug-likeness (QED) is 0.578. The second-order valence-corrected chi connectivity index (χ2v) is 2.64. The number of halogens is 3. The molecule has 0 spiro atoms. The van der Waals surface area contributed by atoms with E-state index in [0.29, 0.717) is 0 Å². The van der Waals surface area contributed by atoms with Gasteiger partial charge in [-0.2, -0.15) is 13.2 Å². The van der Waals surface area contributed by atoms with Crippen LogP contribution in [0.2, 0.25) is 0 Å². The third kappa shape index (κ3) is 5.73. The van der Waals surface area contributed by atoms with E-state index < -0.39 is 20.4 Å². The molecule has 0 saturated carbocycles. The third-order valence-electron chi connectivity index (χ3n) is 0.512. The van der Waals surface area contributed by atoms with Gasteiger partial charge in [-0.25, -0.2) is 0 Å². The Balaban J connectivity index is 3.60. The van der Waals surface area contributed by atoms with E-state index in [1.165, 1.54) is 0 Å². The second kappa shape index (κ2) is 3.13. The first kappa shape index (κ1) is 8.85. The molecule has 0 heterocycles. The van der Waals surface area contributed by atoms with E-state index >= 15 is 0 Å². The summed E-state index contributed by atoms with van der Waals surface area (Å²) in [6.07, 6.45) is -5.75. The van der Waals surface area contributed by atoms with Crippen LogP contribution in [0.5, 0.6) is 0 Å². The molecule has 0 aliphatic carbocycles. The summed E-state index contributed by atoms with van der Waals surface area (Å²) in [5.41, 5.74) is 0. The van der Waals surface area contributed by atoms with Crippen molar-refractivity contribution in [3.8, 4) is 0 Å². The van der Waals surface area contributed by atoms with E-state index in [-0.39, 0.29) is 0 Å². The minimum atomic E-state index is -4.39. The summed E-state index contributed by atoms with van der Waals surface area (Å²) in [6.45, 7) is 0. The molecule has 0 bridgehead atoms. The Kier molecular flexibility index (Phi) is 3.08. The molecule has 0 N–H and O–H groups in total.